The molecule has 2 aromatic carbocycles. The zero-order chi connectivity index (χ0) is 18.9. The van der Waals surface area contributed by atoms with Crippen molar-refractivity contribution < 1.29 is 9.84 Å². The van der Waals surface area contributed by atoms with Crippen LogP contribution in [-0.4, -0.2) is 24.9 Å². The van der Waals surface area contributed by atoms with Crippen LogP contribution in [0, 0.1) is 0 Å². The van der Waals surface area contributed by atoms with Gasteiger partial charge in [0.1, 0.15) is 28.9 Å². The Hall–Kier alpha value is -3.41. The molecular weight excluding hydrogens is 352 g/mol. The van der Waals surface area contributed by atoms with Crippen LogP contribution in [0.2, 0.25) is 0 Å². The number of fused-ring (bicyclic) bond motifs is 1. The van der Waals surface area contributed by atoms with E-state index in [0.717, 1.165) is 24.2 Å². The number of aromatic hydroxyl groups is 1. The molecule has 1 aliphatic carbocycles. The van der Waals surface area contributed by atoms with Crippen LogP contribution >= 0.6 is 0 Å². The van der Waals surface area contributed by atoms with Crippen molar-refractivity contribution in [1.82, 2.24) is 19.7 Å². The maximum Gasteiger partial charge on any atom is 0.225 e. The summed E-state index contributed by atoms with van der Waals surface area (Å²) in [5.41, 5.74) is 2.22. The first-order valence-corrected chi connectivity index (χ1v) is 9.55. The van der Waals surface area contributed by atoms with Crippen molar-refractivity contribution in [1.29, 1.82) is 0 Å². The van der Waals surface area contributed by atoms with Gasteiger partial charge in [0.2, 0.25) is 5.88 Å². The number of benzene rings is 2. The SMILES string of the molecule is Oc1ncnc2c1c(-c1cccc(Oc3ccccc3)c1)nn2C1CCCC1. The average molecular weight is 372 g/mol. The Morgan fingerprint density at radius 3 is 2.54 bits per heavy atom. The molecule has 1 N–H and O–H groups in total. The first-order chi connectivity index (χ1) is 13.8. The van der Waals surface area contributed by atoms with Crippen molar-refractivity contribution >= 4 is 11.0 Å². The first kappa shape index (κ1) is 16.7. The van der Waals surface area contributed by atoms with Gasteiger partial charge in [-0.05, 0) is 37.1 Å². The molecule has 6 heteroatoms. The van der Waals surface area contributed by atoms with Gasteiger partial charge in [0.05, 0.1) is 6.04 Å². The Balaban J connectivity index is 1.60. The molecule has 0 unspecified atom stereocenters. The summed E-state index contributed by atoms with van der Waals surface area (Å²) in [5.74, 6) is 1.44. The molecule has 2 aromatic heterocycles. The van der Waals surface area contributed by atoms with Crippen molar-refractivity contribution in [2.75, 3.05) is 0 Å². The minimum absolute atomic E-state index is 0.0429. The van der Waals surface area contributed by atoms with E-state index in [4.69, 9.17) is 9.84 Å². The van der Waals surface area contributed by atoms with E-state index >= 15 is 0 Å². The van der Waals surface area contributed by atoms with Crippen molar-refractivity contribution in [3.8, 4) is 28.6 Å². The van der Waals surface area contributed by atoms with Gasteiger partial charge in [-0.3, -0.25) is 0 Å². The summed E-state index contributed by atoms with van der Waals surface area (Å²) in [7, 11) is 0. The van der Waals surface area contributed by atoms with Gasteiger partial charge in [-0.25, -0.2) is 14.6 Å². The highest BCUT2D eigenvalue weighted by atomic mass is 16.5. The fourth-order valence-electron chi connectivity index (χ4n) is 3.89. The highest BCUT2D eigenvalue weighted by molar-refractivity contribution is 5.95. The maximum atomic E-state index is 10.4. The quantitative estimate of drug-likeness (QED) is 0.539. The van der Waals surface area contributed by atoms with Crippen LogP contribution in [0.4, 0.5) is 0 Å². The molecule has 140 valence electrons. The number of hydrogen-bond donors (Lipinski definition) is 1. The third kappa shape index (κ3) is 2.97. The molecule has 0 bridgehead atoms. The van der Waals surface area contributed by atoms with E-state index in [1.807, 2.05) is 59.3 Å². The van der Waals surface area contributed by atoms with Crippen LogP contribution in [0.5, 0.6) is 17.4 Å². The molecule has 2 heterocycles. The lowest BCUT2D eigenvalue weighted by atomic mass is 10.1. The summed E-state index contributed by atoms with van der Waals surface area (Å²) in [6.07, 6.45) is 5.94. The lowest BCUT2D eigenvalue weighted by Crippen LogP contribution is -2.07. The fourth-order valence-corrected chi connectivity index (χ4v) is 3.89. The molecular formula is C22H20N4O2. The van der Waals surface area contributed by atoms with Gasteiger partial charge >= 0.3 is 0 Å². The highest BCUT2D eigenvalue weighted by Crippen LogP contribution is 2.38. The predicted molar refractivity (Wildman–Crippen MR) is 106 cm³/mol. The topological polar surface area (TPSA) is 73.1 Å². The molecule has 0 atom stereocenters. The summed E-state index contributed by atoms with van der Waals surface area (Å²) in [4.78, 5) is 8.40. The standard InChI is InChI=1S/C22H20N4O2/c27-22-19-20(25-26(16-8-4-5-9-16)21(19)23-14-24-22)15-7-6-12-18(13-15)28-17-10-2-1-3-11-17/h1-3,6-7,10-14,16H,4-5,8-9H2,(H,23,24,27). The minimum atomic E-state index is -0.0429. The number of para-hydroxylation sites is 1. The molecule has 0 saturated heterocycles. The van der Waals surface area contributed by atoms with Crippen LogP contribution in [0.15, 0.2) is 60.9 Å². The maximum absolute atomic E-state index is 10.4. The number of rotatable bonds is 4. The highest BCUT2D eigenvalue weighted by Gasteiger charge is 2.25. The molecule has 6 nitrogen and oxygen atoms in total. The number of ether oxygens (including phenoxy) is 1. The largest absolute Gasteiger partial charge is 0.493 e. The van der Waals surface area contributed by atoms with Crippen LogP contribution in [0.3, 0.4) is 0 Å². The van der Waals surface area contributed by atoms with E-state index in [9.17, 15) is 5.11 Å². The van der Waals surface area contributed by atoms with Crippen molar-refractivity contribution in [2.45, 2.75) is 31.7 Å². The molecule has 1 aliphatic rings. The predicted octanol–water partition coefficient (Wildman–Crippen LogP) is 5.11. The molecule has 5 rings (SSSR count). The summed E-state index contributed by atoms with van der Waals surface area (Å²) >= 11 is 0. The smallest absolute Gasteiger partial charge is 0.225 e. The minimum Gasteiger partial charge on any atom is -0.493 e. The molecule has 1 fully saturated rings. The molecule has 0 aliphatic heterocycles. The molecule has 28 heavy (non-hydrogen) atoms. The van der Waals surface area contributed by atoms with Crippen molar-refractivity contribution in [3.63, 3.8) is 0 Å². The lowest BCUT2D eigenvalue weighted by Gasteiger charge is -2.10. The van der Waals surface area contributed by atoms with Crippen LogP contribution in [0.1, 0.15) is 31.7 Å². The van der Waals surface area contributed by atoms with Gasteiger partial charge in [-0.15, -0.1) is 0 Å². The van der Waals surface area contributed by atoms with Crippen molar-refractivity contribution in [3.05, 3.63) is 60.9 Å². The Kier molecular flexibility index (Phi) is 4.16. The lowest BCUT2D eigenvalue weighted by molar-refractivity contribution is 0.458. The summed E-state index contributed by atoms with van der Waals surface area (Å²) in [6, 6.07) is 17.7. The Bertz CT molecular complexity index is 1120. The fraction of sp³-hybridized carbons (Fsp3) is 0.227. The van der Waals surface area contributed by atoms with E-state index in [1.165, 1.54) is 19.2 Å². The normalized spacial score (nSPS) is 14.6. The van der Waals surface area contributed by atoms with Crippen LogP contribution in [-0.2, 0) is 0 Å². The van der Waals surface area contributed by atoms with Gasteiger partial charge < -0.3 is 9.84 Å². The average Bonchev–Trinajstić information content (AvgIpc) is 3.37. The zero-order valence-corrected chi connectivity index (χ0v) is 15.3. The van der Waals surface area contributed by atoms with Crippen molar-refractivity contribution in [2.24, 2.45) is 0 Å². The van der Waals surface area contributed by atoms with E-state index < -0.39 is 0 Å². The summed E-state index contributed by atoms with van der Waals surface area (Å²) in [6.45, 7) is 0. The molecule has 0 amide bonds. The van der Waals surface area contributed by atoms with Crippen LogP contribution < -0.4 is 4.74 Å². The number of nitrogens with zero attached hydrogens (tertiary/aromatic N) is 4. The van der Waals surface area contributed by atoms with Gasteiger partial charge in [0.25, 0.3) is 0 Å². The molecule has 4 aromatic rings. The third-order valence-electron chi connectivity index (χ3n) is 5.23. The first-order valence-electron chi connectivity index (χ1n) is 9.55. The summed E-state index contributed by atoms with van der Waals surface area (Å²) < 4.78 is 7.92. The molecule has 0 radical (unpaired) electrons. The Morgan fingerprint density at radius 2 is 1.71 bits per heavy atom. The second-order valence-electron chi connectivity index (χ2n) is 7.07. The Labute approximate surface area is 162 Å². The monoisotopic (exact) mass is 372 g/mol. The van der Waals surface area contributed by atoms with E-state index in [0.29, 0.717) is 28.5 Å². The van der Waals surface area contributed by atoms with Gasteiger partial charge in [0, 0.05) is 5.56 Å². The van der Waals surface area contributed by atoms with E-state index in [2.05, 4.69) is 9.97 Å². The molecule has 0 spiro atoms. The zero-order valence-electron chi connectivity index (χ0n) is 15.3. The summed E-state index contributed by atoms with van der Waals surface area (Å²) in [5, 5.41) is 15.9. The number of aromatic nitrogens is 4. The van der Waals surface area contributed by atoms with E-state index in [-0.39, 0.29) is 5.88 Å². The van der Waals surface area contributed by atoms with Gasteiger partial charge in [0.15, 0.2) is 5.65 Å². The third-order valence-corrected chi connectivity index (χ3v) is 5.23. The van der Waals surface area contributed by atoms with Gasteiger partial charge in [-0.1, -0.05) is 43.2 Å². The Morgan fingerprint density at radius 1 is 0.929 bits per heavy atom. The molecule has 1 saturated carbocycles. The van der Waals surface area contributed by atoms with E-state index in [1.54, 1.807) is 0 Å². The van der Waals surface area contributed by atoms with Gasteiger partial charge in [-0.2, -0.15) is 5.10 Å². The number of hydrogen-bond acceptors (Lipinski definition) is 5. The van der Waals surface area contributed by atoms with Crippen LogP contribution in [0.25, 0.3) is 22.3 Å². The second-order valence-corrected chi connectivity index (χ2v) is 7.07. The second kappa shape index (κ2) is 6.96.